The third kappa shape index (κ3) is 4.82. The van der Waals surface area contributed by atoms with E-state index in [0.717, 1.165) is 36.8 Å². The van der Waals surface area contributed by atoms with E-state index in [4.69, 9.17) is 26.2 Å². The van der Waals surface area contributed by atoms with Gasteiger partial charge in [-0.1, -0.05) is 24.4 Å². The summed E-state index contributed by atoms with van der Waals surface area (Å²) >= 11 is 6.28. The van der Waals surface area contributed by atoms with Gasteiger partial charge in [0.1, 0.15) is 11.0 Å². The quantitative estimate of drug-likeness (QED) is 0.362. The van der Waals surface area contributed by atoms with Gasteiger partial charge in [-0.05, 0) is 31.7 Å². The number of pyridine rings is 1. The molecule has 1 saturated heterocycles. The average Bonchev–Trinajstić information content (AvgIpc) is 3.42. The molecule has 2 aromatic heterocycles. The fourth-order valence-electron chi connectivity index (χ4n) is 4.01. The summed E-state index contributed by atoms with van der Waals surface area (Å²) in [5.74, 6) is -0.983. The molecule has 3 atom stereocenters. The highest BCUT2D eigenvalue weighted by molar-refractivity contribution is 7.45. The first-order valence-corrected chi connectivity index (χ1v) is 11.6. The van der Waals surface area contributed by atoms with Crippen LogP contribution < -0.4 is 5.32 Å². The Morgan fingerprint density at radius 3 is 2.83 bits per heavy atom. The molecular weight excluding hydrogens is 419 g/mol. The van der Waals surface area contributed by atoms with Crippen molar-refractivity contribution >= 4 is 36.7 Å². The van der Waals surface area contributed by atoms with Gasteiger partial charge in [-0.2, -0.15) is 5.10 Å². The Bertz CT molecular complexity index is 832. The third-order valence-corrected chi connectivity index (χ3v) is 6.52. The smallest absolute Gasteiger partial charge is 0.198 e. The minimum absolute atomic E-state index is 0.170. The van der Waals surface area contributed by atoms with Crippen LogP contribution in [-0.2, 0) is 9.47 Å². The molecule has 4 N–H and O–H groups in total. The number of rotatable bonds is 8. The fourth-order valence-corrected chi connectivity index (χ4v) is 4.56. The molecule has 4 rings (SSSR count). The van der Waals surface area contributed by atoms with Crippen LogP contribution in [0.2, 0.25) is 5.15 Å². The van der Waals surface area contributed by atoms with Crippen molar-refractivity contribution in [2.75, 3.05) is 18.5 Å². The highest BCUT2D eigenvalue weighted by Crippen LogP contribution is 2.36. The number of aliphatic hydroxyl groups is 1. The van der Waals surface area contributed by atoms with E-state index in [2.05, 4.69) is 15.4 Å². The summed E-state index contributed by atoms with van der Waals surface area (Å²) in [6, 6.07) is 2.30. The standard InChI is InChI=1S/C18H26ClN4O5P/c19-15-7-14(21-11-3-1-2-4-11)13-8-20-23(18(13)22-15)16-6-5-12(28-16)10-27-17(9-24)29(25)26/h7-8,11-12,16-17,24-26H,1-6,9-10H2,(H,21,22). The maximum atomic E-state index is 9.21. The van der Waals surface area contributed by atoms with Gasteiger partial charge >= 0.3 is 0 Å². The minimum atomic E-state index is -2.35. The van der Waals surface area contributed by atoms with Crippen molar-refractivity contribution in [3.8, 4) is 0 Å². The van der Waals surface area contributed by atoms with Gasteiger partial charge < -0.3 is 29.7 Å². The summed E-state index contributed by atoms with van der Waals surface area (Å²) in [6.07, 6.45) is 7.50. The molecule has 9 nitrogen and oxygen atoms in total. The van der Waals surface area contributed by atoms with Gasteiger partial charge in [-0.15, -0.1) is 0 Å². The van der Waals surface area contributed by atoms with E-state index in [9.17, 15) is 9.79 Å². The second-order valence-electron chi connectivity index (χ2n) is 7.53. The maximum absolute atomic E-state index is 9.21. The number of aliphatic hydroxyl groups excluding tert-OH is 1. The van der Waals surface area contributed by atoms with Crippen molar-refractivity contribution in [3.63, 3.8) is 0 Å². The number of nitrogens with one attached hydrogen (secondary N) is 1. The Labute approximate surface area is 174 Å². The van der Waals surface area contributed by atoms with Gasteiger partial charge in [-0.25, -0.2) is 9.67 Å². The summed E-state index contributed by atoms with van der Waals surface area (Å²) < 4.78 is 13.2. The van der Waals surface area contributed by atoms with Crippen LogP contribution in [0.25, 0.3) is 11.0 Å². The number of halogens is 1. The molecule has 2 aliphatic rings. The molecule has 0 amide bonds. The lowest BCUT2D eigenvalue weighted by molar-refractivity contribution is -0.0575. The summed E-state index contributed by atoms with van der Waals surface area (Å²) in [4.78, 5) is 22.9. The molecule has 1 saturated carbocycles. The van der Waals surface area contributed by atoms with Crippen molar-refractivity contribution in [2.24, 2.45) is 0 Å². The van der Waals surface area contributed by atoms with E-state index in [0.29, 0.717) is 16.8 Å². The molecule has 29 heavy (non-hydrogen) atoms. The van der Waals surface area contributed by atoms with Gasteiger partial charge in [0.25, 0.3) is 0 Å². The number of nitrogens with zero attached hydrogens (tertiary/aromatic N) is 3. The molecule has 1 aliphatic carbocycles. The van der Waals surface area contributed by atoms with Crippen LogP contribution in [0.3, 0.4) is 0 Å². The zero-order valence-electron chi connectivity index (χ0n) is 15.9. The number of hydrogen-bond acceptors (Lipinski definition) is 8. The first-order chi connectivity index (χ1) is 14.0. The Balaban J connectivity index is 1.46. The maximum Gasteiger partial charge on any atom is 0.198 e. The number of fused-ring (bicyclic) bond motifs is 1. The summed E-state index contributed by atoms with van der Waals surface area (Å²) in [7, 11) is -2.35. The van der Waals surface area contributed by atoms with E-state index in [1.165, 1.54) is 12.8 Å². The Hall–Kier alpha value is -1.06. The van der Waals surface area contributed by atoms with E-state index in [1.54, 1.807) is 10.9 Å². The van der Waals surface area contributed by atoms with Gasteiger partial charge in [-0.3, -0.25) is 0 Å². The molecule has 2 fully saturated rings. The van der Waals surface area contributed by atoms with Gasteiger partial charge in [0, 0.05) is 6.04 Å². The van der Waals surface area contributed by atoms with Crippen LogP contribution in [0.1, 0.15) is 44.8 Å². The van der Waals surface area contributed by atoms with Gasteiger partial charge in [0.2, 0.25) is 0 Å². The van der Waals surface area contributed by atoms with Crippen molar-refractivity contribution < 1.29 is 24.4 Å². The lowest BCUT2D eigenvalue weighted by Gasteiger charge is -2.19. The van der Waals surface area contributed by atoms with E-state index in [-0.39, 0.29) is 18.9 Å². The number of anilines is 1. The second-order valence-corrected chi connectivity index (χ2v) is 9.13. The second kappa shape index (κ2) is 9.39. The minimum Gasteiger partial charge on any atom is -0.393 e. The van der Waals surface area contributed by atoms with Gasteiger partial charge in [0.15, 0.2) is 20.3 Å². The van der Waals surface area contributed by atoms with Crippen LogP contribution in [0, 0.1) is 0 Å². The van der Waals surface area contributed by atoms with Crippen LogP contribution in [-0.4, -0.2) is 60.9 Å². The Morgan fingerprint density at radius 2 is 2.10 bits per heavy atom. The molecule has 0 radical (unpaired) electrons. The van der Waals surface area contributed by atoms with E-state index >= 15 is 0 Å². The molecule has 160 valence electrons. The molecular formula is C18H26ClN4O5P. The van der Waals surface area contributed by atoms with Gasteiger partial charge in [0.05, 0.1) is 36.6 Å². The highest BCUT2D eigenvalue weighted by Gasteiger charge is 2.31. The SMILES string of the molecule is OCC(OCC1CCC(n2ncc3c(NC4CCCC4)cc(Cl)nc32)O1)P(O)O. The molecule has 11 heteroatoms. The van der Waals surface area contributed by atoms with Crippen LogP contribution in [0.5, 0.6) is 0 Å². The lowest BCUT2D eigenvalue weighted by Crippen LogP contribution is -2.23. The highest BCUT2D eigenvalue weighted by atomic mass is 35.5. The molecule has 0 aromatic carbocycles. The van der Waals surface area contributed by atoms with Crippen molar-refractivity contribution in [1.82, 2.24) is 14.8 Å². The summed E-state index contributed by atoms with van der Waals surface area (Å²) in [5.41, 5.74) is 1.62. The summed E-state index contributed by atoms with van der Waals surface area (Å²) in [6.45, 7) is -0.276. The molecule has 3 unspecified atom stereocenters. The molecule has 2 aromatic rings. The topological polar surface area (TPSA) is 122 Å². The molecule has 3 heterocycles. The van der Waals surface area contributed by atoms with Crippen molar-refractivity contribution in [3.05, 3.63) is 17.4 Å². The van der Waals surface area contributed by atoms with Crippen molar-refractivity contribution in [1.29, 1.82) is 0 Å². The third-order valence-electron chi connectivity index (χ3n) is 5.50. The normalized spacial score (nSPS) is 24.0. The zero-order chi connectivity index (χ0) is 20.4. The summed E-state index contributed by atoms with van der Waals surface area (Å²) in [5, 5.41) is 18.5. The average molecular weight is 445 g/mol. The van der Waals surface area contributed by atoms with Crippen LogP contribution >= 0.6 is 20.0 Å². The predicted octanol–water partition coefficient (Wildman–Crippen LogP) is 2.75. The zero-order valence-corrected chi connectivity index (χ0v) is 17.6. The fraction of sp³-hybridized carbons (Fsp3) is 0.667. The first kappa shape index (κ1) is 21.2. The van der Waals surface area contributed by atoms with E-state index < -0.39 is 20.8 Å². The van der Waals surface area contributed by atoms with Crippen LogP contribution in [0.15, 0.2) is 12.3 Å². The number of hydrogen-bond donors (Lipinski definition) is 4. The number of ether oxygens (including phenoxy) is 2. The Kier molecular flexibility index (Phi) is 6.86. The van der Waals surface area contributed by atoms with E-state index in [1.807, 2.05) is 6.07 Å². The predicted molar refractivity (Wildman–Crippen MR) is 110 cm³/mol. The largest absolute Gasteiger partial charge is 0.393 e. The molecule has 1 aliphatic heterocycles. The lowest BCUT2D eigenvalue weighted by atomic mass is 10.2. The van der Waals surface area contributed by atoms with Crippen LogP contribution in [0.4, 0.5) is 5.69 Å². The molecule has 0 spiro atoms. The first-order valence-electron chi connectivity index (χ1n) is 9.90. The van der Waals surface area contributed by atoms with Crippen molar-refractivity contribution in [2.45, 2.75) is 62.7 Å². The molecule has 0 bridgehead atoms. The number of aromatic nitrogens is 3. The Morgan fingerprint density at radius 1 is 1.31 bits per heavy atom. The monoisotopic (exact) mass is 444 g/mol.